The van der Waals surface area contributed by atoms with Gasteiger partial charge in [0.25, 0.3) is 11.8 Å². The van der Waals surface area contributed by atoms with E-state index in [0.717, 1.165) is 16.2 Å². The Balaban J connectivity index is 1.71. The normalized spacial score (nSPS) is 13.4. The Labute approximate surface area is 145 Å². The van der Waals surface area contributed by atoms with Crippen LogP contribution in [0.25, 0.3) is 0 Å². The molecule has 0 radical (unpaired) electrons. The van der Waals surface area contributed by atoms with Crippen LogP contribution in [0.4, 0.5) is 0 Å². The van der Waals surface area contributed by atoms with E-state index in [-0.39, 0.29) is 0 Å². The average molecular weight is 329 g/mol. The topological polar surface area (TPSA) is 46.6 Å². The first-order valence-corrected chi connectivity index (χ1v) is 8.00. The van der Waals surface area contributed by atoms with Gasteiger partial charge in [-0.05, 0) is 23.3 Å². The molecule has 4 heteroatoms. The Morgan fingerprint density at radius 2 is 1.00 bits per heavy atom. The molecule has 4 rings (SSSR count). The van der Waals surface area contributed by atoms with Crippen LogP contribution < -0.4 is 0 Å². The number of hydroxylamine groups is 2. The van der Waals surface area contributed by atoms with Crippen LogP contribution in [0.1, 0.15) is 37.9 Å². The van der Waals surface area contributed by atoms with E-state index in [1.807, 2.05) is 60.7 Å². The van der Waals surface area contributed by atoms with E-state index >= 15 is 0 Å². The van der Waals surface area contributed by atoms with Crippen LogP contribution in [-0.4, -0.2) is 16.9 Å². The quantitative estimate of drug-likeness (QED) is 0.680. The van der Waals surface area contributed by atoms with Crippen molar-refractivity contribution in [3.05, 3.63) is 107 Å². The summed E-state index contributed by atoms with van der Waals surface area (Å²) in [5.74, 6) is -0.866. The van der Waals surface area contributed by atoms with Crippen LogP contribution in [0.5, 0.6) is 0 Å². The highest BCUT2D eigenvalue weighted by atomic mass is 16.7. The van der Waals surface area contributed by atoms with Crippen molar-refractivity contribution in [1.29, 1.82) is 0 Å². The zero-order valence-corrected chi connectivity index (χ0v) is 13.3. The van der Waals surface area contributed by atoms with Crippen molar-refractivity contribution < 1.29 is 14.4 Å². The number of hydrogen-bond donors (Lipinski definition) is 0. The molecular formula is C21H15NO3. The van der Waals surface area contributed by atoms with Crippen LogP contribution in [0.15, 0.2) is 84.9 Å². The van der Waals surface area contributed by atoms with Crippen LogP contribution in [0.2, 0.25) is 0 Å². The monoisotopic (exact) mass is 329 g/mol. The zero-order chi connectivity index (χ0) is 17.2. The summed E-state index contributed by atoms with van der Waals surface area (Å²) in [5, 5.41) is 0.870. The third-order valence-electron chi connectivity index (χ3n) is 4.17. The second-order valence-electron chi connectivity index (χ2n) is 5.76. The summed E-state index contributed by atoms with van der Waals surface area (Å²) in [7, 11) is 0. The first-order chi connectivity index (χ1) is 12.3. The van der Waals surface area contributed by atoms with Gasteiger partial charge < -0.3 is 0 Å². The van der Waals surface area contributed by atoms with Crippen molar-refractivity contribution in [3.63, 3.8) is 0 Å². The number of imide groups is 1. The molecule has 0 fully saturated rings. The number of benzene rings is 3. The van der Waals surface area contributed by atoms with E-state index in [2.05, 4.69) is 0 Å². The first kappa shape index (κ1) is 15.3. The van der Waals surface area contributed by atoms with Gasteiger partial charge in [0.2, 0.25) is 0 Å². The third-order valence-corrected chi connectivity index (χ3v) is 4.17. The summed E-state index contributed by atoms with van der Waals surface area (Å²) in [5.41, 5.74) is 2.47. The Morgan fingerprint density at radius 1 is 0.600 bits per heavy atom. The van der Waals surface area contributed by atoms with Gasteiger partial charge in [-0.1, -0.05) is 72.8 Å². The summed E-state index contributed by atoms with van der Waals surface area (Å²) in [4.78, 5) is 31.1. The molecule has 0 aromatic heterocycles. The molecule has 25 heavy (non-hydrogen) atoms. The van der Waals surface area contributed by atoms with Gasteiger partial charge >= 0.3 is 0 Å². The fourth-order valence-electron chi connectivity index (χ4n) is 2.94. The highest BCUT2D eigenvalue weighted by Crippen LogP contribution is 2.31. The SMILES string of the molecule is O=C1c2ccccc2C(=O)N1OC(c1ccccc1)c1ccccc1. The summed E-state index contributed by atoms with van der Waals surface area (Å²) in [6, 6.07) is 25.8. The summed E-state index contributed by atoms with van der Waals surface area (Å²) >= 11 is 0. The van der Waals surface area contributed by atoms with Gasteiger partial charge in [-0.3, -0.25) is 9.59 Å². The fourth-order valence-corrected chi connectivity index (χ4v) is 2.94. The average Bonchev–Trinajstić information content (AvgIpc) is 2.92. The third kappa shape index (κ3) is 2.73. The number of fused-ring (bicyclic) bond motifs is 1. The molecule has 1 aliphatic rings. The first-order valence-electron chi connectivity index (χ1n) is 8.00. The molecule has 2 amide bonds. The minimum Gasteiger partial charge on any atom is -0.266 e. The number of nitrogens with zero attached hydrogens (tertiary/aromatic N) is 1. The van der Waals surface area contributed by atoms with Gasteiger partial charge in [0.1, 0.15) is 6.10 Å². The molecule has 1 aliphatic heterocycles. The zero-order valence-electron chi connectivity index (χ0n) is 13.3. The second-order valence-corrected chi connectivity index (χ2v) is 5.76. The van der Waals surface area contributed by atoms with Crippen LogP contribution in [0, 0.1) is 0 Å². The van der Waals surface area contributed by atoms with Crippen molar-refractivity contribution in [2.45, 2.75) is 6.10 Å². The predicted molar refractivity (Wildman–Crippen MR) is 92.8 cm³/mol. The molecule has 0 N–H and O–H groups in total. The molecule has 0 spiro atoms. The minimum atomic E-state index is -0.551. The van der Waals surface area contributed by atoms with Gasteiger partial charge in [-0.2, -0.15) is 0 Å². The van der Waals surface area contributed by atoms with Gasteiger partial charge in [-0.25, -0.2) is 4.84 Å². The van der Waals surface area contributed by atoms with Crippen molar-refractivity contribution in [1.82, 2.24) is 5.06 Å². The molecule has 122 valence electrons. The number of carbonyl (C=O) groups excluding carboxylic acids is 2. The lowest BCUT2D eigenvalue weighted by atomic mass is 10.0. The van der Waals surface area contributed by atoms with Crippen molar-refractivity contribution in [2.24, 2.45) is 0 Å². The Hall–Kier alpha value is -3.24. The molecule has 0 saturated carbocycles. The molecule has 3 aromatic rings. The van der Waals surface area contributed by atoms with Crippen LogP contribution >= 0.6 is 0 Å². The maximum absolute atomic E-state index is 12.6. The highest BCUT2D eigenvalue weighted by molar-refractivity contribution is 6.20. The standard InChI is InChI=1S/C21H15NO3/c23-20-17-13-7-8-14-18(17)21(24)22(20)25-19(15-9-3-1-4-10-15)16-11-5-2-6-12-16/h1-14,19H. The largest absolute Gasteiger partial charge is 0.285 e. The molecular weight excluding hydrogens is 314 g/mol. The maximum atomic E-state index is 12.6. The van der Waals surface area contributed by atoms with Gasteiger partial charge in [0.05, 0.1) is 11.1 Å². The number of carbonyl (C=O) groups is 2. The minimum absolute atomic E-state index is 0.368. The van der Waals surface area contributed by atoms with Gasteiger partial charge in [0.15, 0.2) is 0 Å². The van der Waals surface area contributed by atoms with E-state index < -0.39 is 17.9 Å². The Morgan fingerprint density at radius 3 is 1.44 bits per heavy atom. The van der Waals surface area contributed by atoms with Crippen LogP contribution in [0.3, 0.4) is 0 Å². The lowest BCUT2D eigenvalue weighted by Gasteiger charge is -2.23. The molecule has 0 bridgehead atoms. The smallest absolute Gasteiger partial charge is 0.266 e. The van der Waals surface area contributed by atoms with Gasteiger partial charge in [0, 0.05) is 0 Å². The van der Waals surface area contributed by atoms with Gasteiger partial charge in [-0.15, -0.1) is 5.06 Å². The molecule has 0 atom stereocenters. The number of rotatable bonds is 4. The lowest BCUT2D eigenvalue weighted by molar-refractivity contribution is -0.120. The molecule has 3 aromatic carbocycles. The molecule has 0 unspecified atom stereocenters. The van der Waals surface area contributed by atoms with E-state index in [1.54, 1.807) is 24.3 Å². The number of amides is 2. The maximum Gasteiger partial charge on any atom is 0.285 e. The second kappa shape index (κ2) is 6.34. The van der Waals surface area contributed by atoms with E-state index in [0.29, 0.717) is 11.1 Å². The van der Waals surface area contributed by atoms with E-state index in [1.165, 1.54) is 0 Å². The summed E-state index contributed by atoms with van der Waals surface area (Å²) < 4.78 is 0. The summed E-state index contributed by atoms with van der Waals surface area (Å²) in [6.07, 6.45) is -0.551. The molecule has 4 nitrogen and oxygen atoms in total. The highest BCUT2D eigenvalue weighted by Gasteiger charge is 2.38. The number of hydrogen-bond acceptors (Lipinski definition) is 3. The lowest BCUT2D eigenvalue weighted by Crippen LogP contribution is -2.32. The van der Waals surface area contributed by atoms with E-state index in [4.69, 9.17) is 4.84 Å². The summed E-state index contributed by atoms with van der Waals surface area (Å²) in [6.45, 7) is 0. The molecule has 1 heterocycles. The van der Waals surface area contributed by atoms with Crippen molar-refractivity contribution in [2.75, 3.05) is 0 Å². The van der Waals surface area contributed by atoms with E-state index in [9.17, 15) is 9.59 Å². The molecule has 0 aliphatic carbocycles. The Bertz CT molecular complexity index is 848. The van der Waals surface area contributed by atoms with Crippen molar-refractivity contribution >= 4 is 11.8 Å². The van der Waals surface area contributed by atoms with Crippen LogP contribution in [-0.2, 0) is 4.84 Å². The fraction of sp³-hybridized carbons (Fsp3) is 0.0476. The molecule has 0 saturated heterocycles. The predicted octanol–water partition coefficient (Wildman–Crippen LogP) is 4.00. The Kier molecular flexibility index (Phi) is 3.88. The van der Waals surface area contributed by atoms with Crippen molar-refractivity contribution in [3.8, 4) is 0 Å².